The van der Waals surface area contributed by atoms with E-state index in [1.165, 1.54) is 16.9 Å². The topological polar surface area (TPSA) is 91.1 Å². The van der Waals surface area contributed by atoms with Crippen LogP contribution >= 0.6 is 11.3 Å². The fourth-order valence-electron chi connectivity index (χ4n) is 5.96. The molecule has 8 nitrogen and oxygen atoms in total. The number of hydrogen-bond donors (Lipinski definition) is 2. The molecule has 0 radical (unpaired) electrons. The van der Waals surface area contributed by atoms with Gasteiger partial charge >= 0.3 is 0 Å². The van der Waals surface area contributed by atoms with Gasteiger partial charge in [-0.1, -0.05) is 36.4 Å². The van der Waals surface area contributed by atoms with Gasteiger partial charge < -0.3 is 20.7 Å². The zero-order chi connectivity index (χ0) is 26.3. The average Bonchev–Trinajstić information content (AvgIpc) is 3.64. The second kappa shape index (κ2) is 13.2. The van der Waals surface area contributed by atoms with Crippen molar-refractivity contribution < 1.29 is 14.3 Å². The Kier molecular flexibility index (Phi) is 9.45. The SMILES string of the molecule is NC1CCC(NC(=O)C2CC(N(CCN3CCOCC3)Cc3ccccc3)CN2C(=O)c2cccs2)CC1. The summed E-state index contributed by atoms with van der Waals surface area (Å²) in [6.45, 7) is 6.64. The lowest BCUT2D eigenvalue weighted by atomic mass is 9.91. The number of amides is 2. The number of likely N-dealkylation sites (tertiary alicyclic amines) is 1. The Morgan fingerprint density at radius 1 is 1.05 bits per heavy atom. The summed E-state index contributed by atoms with van der Waals surface area (Å²) < 4.78 is 5.54. The van der Waals surface area contributed by atoms with Gasteiger partial charge in [-0.25, -0.2) is 0 Å². The van der Waals surface area contributed by atoms with Gasteiger partial charge in [-0.15, -0.1) is 11.3 Å². The van der Waals surface area contributed by atoms with Gasteiger partial charge in [0.2, 0.25) is 5.91 Å². The molecule has 2 amide bonds. The molecule has 3 aliphatic rings. The molecule has 2 aliphatic heterocycles. The molecule has 1 aromatic heterocycles. The Bertz CT molecular complexity index is 1020. The van der Waals surface area contributed by atoms with Crippen LogP contribution in [0.3, 0.4) is 0 Å². The molecule has 2 atom stereocenters. The summed E-state index contributed by atoms with van der Waals surface area (Å²) in [4.78, 5) is 34.7. The number of nitrogens with two attached hydrogens (primary N) is 1. The Hall–Kier alpha value is -2.30. The predicted molar refractivity (Wildman–Crippen MR) is 150 cm³/mol. The minimum absolute atomic E-state index is 0.0225. The van der Waals surface area contributed by atoms with Gasteiger partial charge in [-0.2, -0.15) is 0 Å². The van der Waals surface area contributed by atoms with Gasteiger partial charge in [0.05, 0.1) is 18.1 Å². The summed E-state index contributed by atoms with van der Waals surface area (Å²) in [5.74, 6) is -0.0631. The van der Waals surface area contributed by atoms with E-state index in [1.807, 2.05) is 28.5 Å². The highest BCUT2D eigenvalue weighted by molar-refractivity contribution is 7.12. The molecule has 1 aromatic carbocycles. The van der Waals surface area contributed by atoms with Gasteiger partial charge in [0.1, 0.15) is 6.04 Å². The normalized spacial score (nSPS) is 26.5. The van der Waals surface area contributed by atoms with Crippen LogP contribution in [-0.4, -0.2) is 96.6 Å². The van der Waals surface area contributed by atoms with E-state index < -0.39 is 6.04 Å². The first kappa shape index (κ1) is 27.3. The lowest BCUT2D eigenvalue weighted by Crippen LogP contribution is -2.50. The molecule has 2 unspecified atom stereocenters. The number of rotatable bonds is 9. The number of benzene rings is 1. The zero-order valence-corrected chi connectivity index (χ0v) is 23.0. The first-order valence-electron chi connectivity index (χ1n) is 14.1. The van der Waals surface area contributed by atoms with Crippen molar-refractivity contribution in [3.05, 3.63) is 58.3 Å². The maximum atomic E-state index is 13.6. The van der Waals surface area contributed by atoms with Crippen LogP contribution in [0.25, 0.3) is 0 Å². The largest absolute Gasteiger partial charge is 0.379 e. The van der Waals surface area contributed by atoms with Crippen molar-refractivity contribution in [1.29, 1.82) is 0 Å². The van der Waals surface area contributed by atoms with E-state index in [0.29, 0.717) is 17.8 Å². The quantitative estimate of drug-likeness (QED) is 0.509. The Morgan fingerprint density at radius 3 is 2.53 bits per heavy atom. The monoisotopic (exact) mass is 539 g/mol. The molecule has 3 N–H and O–H groups in total. The predicted octanol–water partition coefficient (Wildman–Crippen LogP) is 2.55. The van der Waals surface area contributed by atoms with Gasteiger partial charge in [-0.3, -0.25) is 19.4 Å². The van der Waals surface area contributed by atoms with E-state index in [-0.39, 0.29) is 29.9 Å². The van der Waals surface area contributed by atoms with Crippen molar-refractivity contribution in [1.82, 2.24) is 20.0 Å². The van der Waals surface area contributed by atoms with Crippen molar-refractivity contribution in [3.8, 4) is 0 Å². The third-order valence-corrected chi connectivity index (χ3v) is 9.10. The molecule has 9 heteroatoms. The smallest absolute Gasteiger partial charge is 0.264 e. The second-order valence-corrected chi connectivity index (χ2v) is 11.8. The van der Waals surface area contributed by atoms with Crippen molar-refractivity contribution >= 4 is 23.2 Å². The summed E-state index contributed by atoms with van der Waals surface area (Å²) in [6, 6.07) is 14.3. The van der Waals surface area contributed by atoms with E-state index in [4.69, 9.17) is 10.5 Å². The van der Waals surface area contributed by atoms with Crippen LogP contribution in [0.15, 0.2) is 47.8 Å². The third-order valence-electron chi connectivity index (χ3n) is 8.24. The molecule has 1 saturated carbocycles. The summed E-state index contributed by atoms with van der Waals surface area (Å²) in [5.41, 5.74) is 7.33. The van der Waals surface area contributed by atoms with Crippen molar-refractivity contribution in [3.63, 3.8) is 0 Å². The maximum absolute atomic E-state index is 13.6. The van der Waals surface area contributed by atoms with Crippen LogP contribution in [-0.2, 0) is 16.1 Å². The van der Waals surface area contributed by atoms with Gasteiger partial charge in [0.15, 0.2) is 0 Å². The molecule has 1 aliphatic carbocycles. The van der Waals surface area contributed by atoms with Crippen LogP contribution in [0, 0.1) is 0 Å². The zero-order valence-electron chi connectivity index (χ0n) is 22.2. The maximum Gasteiger partial charge on any atom is 0.264 e. The fourth-order valence-corrected chi connectivity index (χ4v) is 6.64. The highest BCUT2D eigenvalue weighted by atomic mass is 32.1. The van der Waals surface area contributed by atoms with E-state index in [0.717, 1.165) is 71.6 Å². The summed E-state index contributed by atoms with van der Waals surface area (Å²) >= 11 is 1.44. The number of morpholine rings is 1. The van der Waals surface area contributed by atoms with Crippen LogP contribution in [0.2, 0.25) is 0 Å². The van der Waals surface area contributed by atoms with Crippen LogP contribution in [0.1, 0.15) is 47.3 Å². The first-order chi connectivity index (χ1) is 18.6. The van der Waals surface area contributed by atoms with Crippen LogP contribution in [0.4, 0.5) is 0 Å². The Labute approximate surface area is 230 Å². The standard InChI is InChI=1S/C29H41N5O3S/c30-23-8-10-24(11-9-23)31-28(35)26-19-25(21-34(26)29(36)27-7-4-18-38-27)33(20-22-5-2-1-3-6-22)13-12-32-14-16-37-17-15-32/h1-7,18,23-26H,8-17,19-21,30H2,(H,31,35). The molecular formula is C29H41N5O3S. The van der Waals surface area contributed by atoms with Crippen molar-refractivity contribution in [2.75, 3.05) is 45.9 Å². The summed E-state index contributed by atoms with van der Waals surface area (Å²) in [7, 11) is 0. The number of ether oxygens (including phenoxy) is 1. The number of carbonyl (C=O) groups is 2. The molecule has 2 aromatic rings. The van der Waals surface area contributed by atoms with E-state index in [9.17, 15) is 9.59 Å². The minimum atomic E-state index is -0.466. The van der Waals surface area contributed by atoms with Gasteiger partial charge in [-0.05, 0) is 49.1 Å². The average molecular weight is 540 g/mol. The second-order valence-electron chi connectivity index (χ2n) is 10.9. The molecule has 3 fully saturated rings. The van der Waals surface area contributed by atoms with E-state index in [1.54, 1.807) is 0 Å². The number of hydrogen-bond acceptors (Lipinski definition) is 7. The Morgan fingerprint density at radius 2 is 1.82 bits per heavy atom. The van der Waals surface area contributed by atoms with Gasteiger partial charge in [0.25, 0.3) is 5.91 Å². The van der Waals surface area contributed by atoms with Crippen LogP contribution < -0.4 is 11.1 Å². The van der Waals surface area contributed by atoms with Gasteiger partial charge in [0, 0.05) is 57.4 Å². The van der Waals surface area contributed by atoms with Crippen LogP contribution in [0.5, 0.6) is 0 Å². The summed E-state index contributed by atoms with van der Waals surface area (Å²) in [6.07, 6.45) is 4.32. The lowest BCUT2D eigenvalue weighted by Gasteiger charge is -2.33. The lowest BCUT2D eigenvalue weighted by molar-refractivity contribution is -0.125. The molecule has 206 valence electrons. The number of nitrogens with one attached hydrogen (secondary N) is 1. The Balaban J connectivity index is 1.32. The fraction of sp³-hybridized carbons (Fsp3) is 0.586. The molecule has 38 heavy (non-hydrogen) atoms. The van der Waals surface area contributed by atoms with E-state index >= 15 is 0 Å². The molecule has 3 heterocycles. The van der Waals surface area contributed by atoms with E-state index in [2.05, 4.69) is 39.4 Å². The molecular weight excluding hydrogens is 498 g/mol. The molecule has 2 saturated heterocycles. The number of thiophene rings is 1. The van der Waals surface area contributed by atoms with Crippen molar-refractivity contribution in [2.24, 2.45) is 5.73 Å². The highest BCUT2D eigenvalue weighted by Crippen LogP contribution is 2.28. The molecule has 5 rings (SSSR count). The summed E-state index contributed by atoms with van der Waals surface area (Å²) in [5, 5.41) is 5.20. The first-order valence-corrected chi connectivity index (χ1v) is 14.9. The third kappa shape index (κ3) is 7.01. The highest BCUT2D eigenvalue weighted by Gasteiger charge is 2.43. The minimum Gasteiger partial charge on any atom is -0.379 e. The molecule has 0 bridgehead atoms. The number of nitrogens with zero attached hydrogens (tertiary/aromatic N) is 3. The number of carbonyl (C=O) groups excluding carboxylic acids is 2. The molecule has 0 spiro atoms. The van der Waals surface area contributed by atoms with Crippen molar-refractivity contribution in [2.45, 2.75) is 62.8 Å².